The second-order valence-corrected chi connectivity index (χ2v) is 2.84. The van der Waals surface area contributed by atoms with Crippen molar-refractivity contribution in [3.8, 4) is 0 Å². The maximum atomic E-state index is 5.57. The minimum Gasteiger partial charge on any atom is -0.356 e. The smallest absolute Gasteiger partial charge is 0.144 e. The molecule has 0 radical (unpaired) electrons. The van der Waals surface area contributed by atoms with E-state index in [1.807, 2.05) is 19.9 Å². The van der Waals surface area contributed by atoms with Gasteiger partial charge in [-0.05, 0) is 19.9 Å². The largest absolute Gasteiger partial charge is 0.356 e. The highest BCUT2D eigenvalue weighted by Gasteiger charge is 2.13. The first-order chi connectivity index (χ1) is 5.18. The fraction of sp³-hybridized carbons (Fsp3) is 0.667. The van der Waals surface area contributed by atoms with Gasteiger partial charge < -0.3 is 4.74 Å². The molecule has 0 aliphatic carbocycles. The summed E-state index contributed by atoms with van der Waals surface area (Å²) in [5, 5.41) is 0. The number of rotatable bonds is 2. The average Bonchev–Trinajstić information content (AvgIpc) is 1.85. The van der Waals surface area contributed by atoms with Gasteiger partial charge in [-0.1, -0.05) is 4.64 Å². The SMILES string of the molecule is CC(C)OC1C=CNN(Cl)N1. The summed E-state index contributed by atoms with van der Waals surface area (Å²) in [6, 6.07) is 0. The summed E-state index contributed by atoms with van der Waals surface area (Å²) in [5.41, 5.74) is 5.54. The normalized spacial score (nSPS) is 25.6. The van der Waals surface area contributed by atoms with Gasteiger partial charge in [0.05, 0.1) is 6.10 Å². The van der Waals surface area contributed by atoms with Crippen LogP contribution in [0.1, 0.15) is 13.8 Å². The van der Waals surface area contributed by atoms with Gasteiger partial charge in [0.25, 0.3) is 0 Å². The van der Waals surface area contributed by atoms with Gasteiger partial charge >= 0.3 is 0 Å². The van der Waals surface area contributed by atoms with Crippen molar-refractivity contribution in [1.82, 2.24) is 15.5 Å². The van der Waals surface area contributed by atoms with E-state index in [-0.39, 0.29) is 12.3 Å². The zero-order valence-electron chi connectivity index (χ0n) is 6.54. The molecule has 1 atom stereocenters. The molecule has 64 valence electrons. The summed E-state index contributed by atoms with van der Waals surface area (Å²) in [7, 11) is 0. The van der Waals surface area contributed by atoms with Crippen LogP contribution in [0.25, 0.3) is 0 Å². The Kier molecular flexibility index (Phi) is 3.14. The lowest BCUT2D eigenvalue weighted by molar-refractivity contribution is -0.0222. The monoisotopic (exact) mass is 177 g/mol. The van der Waals surface area contributed by atoms with E-state index in [0.717, 1.165) is 0 Å². The van der Waals surface area contributed by atoms with Gasteiger partial charge in [0.1, 0.15) is 6.23 Å². The fourth-order valence-electron chi connectivity index (χ4n) is 0.757. The van der Waals surface area contributed by atoms with E-state index in [4.69, 9.17) is 16.5 Å². The Morgan fingerprint density at radius 2 is 2.36 bits per heavy atom. The van der Waals surface area contributed by atoms with Crippen molar-refractivity contribution >= 4 is 11.8 Å². The fourth-order valence-corrected chi connectivity index (χ4v) is 0.909. The molecule has 0 fully saturated rings. The molecule has 4 nitrogen and oxygen atoms in total. The first-order valence-electron chi connectivity index (χ1n) is 3.49. The highest BCUT2D eigenvalue weighted by atomic mass is 35.5. The lowest BCUT2D eigenvalue weighted by Gasteiger charge is -2.26. The van der Waals surface area contributed by atoms with Crippen LogP contribution in [0.5, 0.6) is 0 Å². The predicted molar refractivity (Wildman–Crippen MR) is 43.1 cm³/mol. The van der Waals surface area contributed by atoms with E-state index in [1.54, 1.807) is 6.20 Å². The topological polar surface area (TPSA) is 36.5 Å². The first kappa shape index (κ1) is 8.80. The second kappa shape index (κ2) is 3.92. The standard InChI is InChI=1S/C6H12ClN3O/c1-5(2)11-6-3-4-8-10(7)9-6/h3-6,8-9H,1-2H3. The molecule has 5 heteroatoms. The quantitative estimate of drug-likeness (QED) is 0.610. The molecule has 11 heavy (non-hydrogen) atoms. The van der Waals surface area contributed by atoms with E-state index in [1.165, 1.54) is 4.64 Å². The summed E-state index contributed by atoms with van der Waals surface area (Å²) in [6.45, 7) is 3.94. The van der Waals surface area contributed by atoms with Crippen LogP contribution in [0.2, 0.25) is 0 Å². The lowest BCUT2D eigenvalue weighted by atomic mass is 10.4. The van der Waals surface area contributed by atoms with Gasteiger partial charge in [-0.2, -0.15) is 5.43 Å². The van der Waals surface area contributed by atoms with Gasteiger partial charge in [0.15, 0.2) is 0 Å². The minimum atomic E-state index is -0.145. The molecule has 1 unspecified atom stereocenters. The van der Waals surface area contributed by atoms with Crippen LogP contribution < -0.4 is 10.9 Å². The van der Waals surface area contributed by atoms with E-state index in [2.05, 4.69) is 10.9 Å². The number of nitrogens with zero attached hydrogens (tertiary/aromatic N) is 1. The van der Waals surface area contributed by atoms with Crippen LogP contribution in [-0.2, 0) is 4.74 Å². The molecule has 0 aromatic rings. The van der Waals surface area contributed by atoms with Gasteiger partial charge in [0.2, 0.25) is 0 Å². The molecule has 1 rings (SSSR count). The molecular formula is C6H12ClN3O. The molecule has 0 aromatic carbocycles. The third kappa shape index (κ3) is 3.07. The molecule has 0 amide bonds. The lowest BCUT2D eigenvalue weighted by Crippen LogP contribution is -2.49. The number of ether oxygens (including phenoxy) is 1. The molecule has 0 bridgehead atoms. The van der Waals surface area contributed by atoms with Gasteiger partial charge in [-0.3, -0.25) is 5.43 Å². The number of nitrogens with one attached hydrogen (secondary N) is 2. The molecule has 1 aliphatic heterocycles. The Morgan fingerprint density at radius 3 is 2.91 bits per heavy atom. The summed E-state index contributed by atoms with van der Waals surface area (Å²) in [4.78, 5) is 0. The maximum Gasteiger partial charge on any atom is 0.144 e. The Bertz CT molecular complexity index is 151. The molecule has 0 spiro atoms. The average molecular weight is 178 g/mol. The van der Waals surface area contributed by atoms with Gasteiger partial charge in [-0.25, -0.2) is 0 Å². The van der Waals surface area contributed by atoms with Crippen molar-refractivity contribution in [1.29, 1.82) is 0 Å². The summed E-state index contributed by atoms with van der Waals surface area (Å²) < 4.78 is 6.63. The van der Waals surface area contributed by atoms with Crippen molar-refractivity contribution < 1.29 is 4.74 Å². The number of halogens is 1. The van der Waals surface area contributed by atoms with E-state index in [9.17, 15) is 0 Å². The van der Waals surface area contributed by atoms with Crippen molar-refractivity contribution in [2.75, 3.05) is 0 Å². The van der Waals surface area contributed by atoms with Crippen LogP contribution in [-0.4, -0.2) is 17.0 Å². The van der Waals surface area contributed by atoms with Gasteiger partial charge in [0, 0.05) is 18.0 Å². The van der Waals surface area contributed by atoms with Crippen molar-refractivity contribution in [2.24, 2.45) is 0 Å². The van der Waals surface area contributed by atoms with Crippen LogP contribution >= 0.6 is 11.8 Å². The Balaban J connectivity index is 2.34. The zero-order valence-corrected chi connectivity index (χ0v) is 7.30. The Labute approximate surface area is 71.2 Å². The second-order valence-electron chi connectivity index (χ2n) is 2.50. The molecule has 0 aromatic heterocycles. The highest BCUT2D eigenvalue weighted by Crippen LogP contribution is 2.01. The van der Waals surface area contributed by atoms with E-state index in [0.29, 0.717) is 0 Å². The predicted octanol–water partition coefficient (Wildman–Crippen LogP) is 0.730. The molecule has 1 aliphatic rings. The number of hydrogen-bond donors (Lipinski definition) is 2. The molecule has 0 saturated carbocycles. The summed E-state index contributed by atoms with van der Waals surface area (Å²) in [5.74, 6) is 0. The maximum absolute atomic E-state index is 5.57. The molecular weight excluding hydrogens is 166 g/mol. The first-order valence-corrected chi connectivity index (χ1v) is 3.82. The Hall–Kier alpha value is -0.290. The number of hydrogen-bond acceptors (Lipinski definition) is 4. The third-order valence-electron chi connectivity index (χ3n) is 1.12. The minimum absolute atomic E-state index is 0.145. The van der Waals surface area contributed by atoms with E-state index < -0.39 is 0 Å². The summed E-state index contributed by atoms with van der Waals surface area (Å²) in [6.07, 6.45) is 3.60. The highest BCUT2D eigenvalue weighted by molar-refractivity contribution is 6.12. The van der Waals surface area contributed by atoms with Crippen LogP contribution in [0.15, 0.2) is 12.3 Å². The third-order valence-corrected chi connectivity index (χ3v) is 1.31. The number of hydrazine groups is 2. The van der Waals surface area contributed by atoms with Crippen LogP contribution in [0.4, 0.5) is 0 Å². The Morgan fingerprint density at radius 1 is 1.64 bits per heavy atom. The van der Waals surface area contributed by atoms with Crippen molar-refractivity contribution in [3.05, 3.63) is 12.3 Å². The van der Waals surface area contributed by atoms with Crippen LogP contribution in [0.3, 0.4) is 0 Å². The molecule has 0 saturated heterocycles. The molecule has 1 heterocycles. The van der Waals surface area contributed by atoms with Crippen molar-refractivity contribution in [2.45, 2.75) is 26.2 Å². The zero-order chi connectivity index (χ0) is 8.27. The van der Waals surface area contributed by atoms with Gasteiger partial charge in [-0.15, -0.1) is 0 Å². The van der Waals surface area contributed by atoms with Crippen LogP contribution in [0, 0.1) is 0 Å². The summed E-state index contributed by atoms with van der Waals surface area (Å²) >= 11 is 5.57. The molecule has 2 N–H and O–H groups in total. The van der Waals surface area contributed by atoms with E-state index >= 15 is 0 Å². The van der Waals surface area contributed by atoms with Crippen molar-refractivity contribution in [3.63, 3.8) is 0 Å².